The monoisotopic (exact) mass is 403 g/mol. The Bertz CT molecular complexity index is 1180. The number of benzene rings is 2. The third-order valence-corrected chi connectivity index (χ3v) is 4.06. The van der Waals surface area contributed by atoms with E-state index < -0.39 is 18.3 Å². The van der Waals surface area contributed by atoms with Gasteiger partial charge in [-0.2, -0.15) is 5.26 Å². The highest BCUT2D eigenvalue weighted by molar-refractivity contribution is 5.97. The van der Waals surface area contributed by atoms with Crippen LogP contribution in [0.4, 0.5) is 0 Å². The van der Waals surface area contributed by atoms with Crippen molar-refractivity contribution in [2.75, 3.05) is 7.11 Å². The minimum absolute atomic E-state index is 0.0410. The van der Waals surface area contributed by atoms with E-state index in [0.717, 1.165) is 11.9 Å². The highest BCUT2D eigenvalue weighted by Crippen LogP contribution is 2.12. The molecule has 0 fully saturated rings. The summed E-state index contributed by atoms with van der Waals surface area (Å²) in [6.07, 6.45) is 1.06. The number of amides is 2. The fourth-order valence-corrected chi connectivity index (χ4v) is 2.47. The van der Waals surface area contributed by atoms with E-state index in [9.17, 15) is 9.59 Å². The van der Waals surface area contributed by atoms with Gasteiger partial charge in [0.05, 0.1) is 21.5 Å². The number of nitriles is 1. The van der Waals surface area contributed by atoms with Crippen molar-refractivity contribution < 1.29 is 17.1 Å². The van der Waals surface area contributed by atoms with Gasteiger partial charge in [0, 0.05) is 19.1 Å². The molecular formula is C22H19N5O3. The van der Waals surface area contributed by atoms with Crippen LogP contribution < -0.4 is 15.4 Å². The van der Waals surface area contributed by atoms with Crippen molar-refractivity contribution >= 4 is 11.8 Å². The molecule has 2 amide bonds. The number of methoxy groups -OCH3 is 1. The Morgan fingerprint density at radius 2 is 1.73 bits per heavy atom. The minimum Gasteiger partial charge on any atom is -0.497 e. The van der Waals surface area contributed by atoms with Crippen LogP contribution in [0.1, 0.15) is 40.4 Å². The molecule has 8 nitrogen and oxygen atoms in total. The van der Waals surface area contributed by atoms with Gasteiger partial charge in [-0.3, -0.25) is 9.59 Å². The summed E-state index contributed by atoms with van der Waals surface area (Å²) in [4.78, 5) is 32.7. The fourth-order valence-electron chi connectivity index (χ4n) is 2.47. The van der Waals surface area contributed by atoms with E-state index in [2.05, 4.69) is 20.6 Å². The van der Waals surface area contributed by atoms with Crippen molar-refractivity contribution in [2.45, 2.75) is 13.0 Å². The van der Waals surface area contributed by atoms with E-state index in [0.29, 0.717) is 11.3 Å². The number of ether oxygens (including phenoxy) is 1. The molecule has 0 unspecified atom stereocenters. The first kappa shape index (κ1) is 17.8. The van der Waals surface area contributed by atoms with Crippen LogP contribution in [0.25, 0.3) is 0 Å². The standard InChI is InChI=1S/C22H19N5O3/c1-30-18-4-2-3-17(9-18)13-25-22(29)20-10-19(26-14-27-20)21(28)24-12-16-7-5-15(11-23)6-8-16/h2-10,14H,12-13H2,1H3,(H,24,28)(H,25,29)/i13D2. The molecule has 8 heteroatoms. The van der Waals surface area contributed by atoms with E-state index in [4.69, 9.17) is 12.7 Å². The normalized spacial score (nSPS) is 11.5. The fraction of sp³-hybridized carbons (Fsp3) is 0.136. The Morgan fingerprint density at radius 1 is 1.03 bits per heavy atom. The molecule has 150 valence electrons. The van der Waals surface area contributed by atoms with Crippen molar-refractivity contribution in [1.29, 1.82) is 5.26 Å². The molecule has 0 saturated carbocycles. The summed E-state index contributed by atoms with van der Waals surface area (Å²) in [7, 11) is 1.46. The maximum absolute atomic E-state index is 12.6. The Hall–Kier alpha value is -4.25. The van der Waals surface area contributed by atoms with E-state index in [1.165, 1.54) is 25.3 Å². The third-order valence-electron chi connectivity index (χ3n) is 4.06. The van der Waals surface area contributed by atoms with Crippen LogP contribution in [-0.4, -0.2) is 28.9 Å². The smallest absolute Gasteiger partial charge is 0.270 e. The Morgan fingerprint density at radius 3 is 2.40 bits per heavy atom. The molecule has 30 heavy (non-hydrogen) atoms. The molecule has 0 spiro atoms. The summed E-state index contributed by atoms with van der Waals surface area (Å²) in [6.45, 7) is -2.00. The lowest BCUT2D eigenvalue weighted by Crippen LogP contribution is -2.27. The second kappa shape index (κ2) is 9.80. The zero-order chi connectivity index (χ0) is 23.1. The summed E-state index contributed by atoms with van der Waals surface area (Å²) in [6, 6.07) is 16.2. The number of hydrogen-bond donors (Lipinski definition) is 2. The van der Waals surface area contributed by atoms with Crippen LogP contribution in [-0.2, 0) is 13.0 Å². The van der Waals surface area contributed by atoms with E-state index >= 15 is 0 Å². The molecule has 1 aromatic heterocycles. The molecule has 0 atom stereocenters. The van der Waals surface area contributed by atoms with Crippen molar-refractivity contribution in [2.24, 2.45) is 0 Å². The van der Waals surface area contributed by atoms with Crippen molar-refractivity contribution in [1.82, 2.24) is 20.6 Å². The van der Waals surface area contributed by atoms with Gasteiger partial charge in [-0.05, 0) is 35.4 Å². The average molecular weight is 403 g/mol. The molecule has 2 aromatic carbocycles. The Balaban J connectivity index is 1.68. The number of nitrogens with one attached hydrogen (secondary N) is 2. The van der Waals surface area contributed by atoms with Crippen LogP contribution in [0.2, 0.25) is 0 Å². The molecule has 0 bridgehead atoms. The minimum atomic E-state index is -2.20. The van der Waals surface area contributed by atoms with E-state index in [-0.39, 0.29) is 23.5 Å². The molecule has 3 rings (SSSR count). The predicted molar refractivity (Wildman–Crippen MR) is 109 cm³/mol. The van der Waals surface area contributed by atoms with Crippen LogP contribution in [0, 0.1) is 11.3 Å². The third kappa shape index (κ3) is 5.39. The number of carbonyl (C=O) groups excluding carboxylic acids is 2. The quantitative estimate of drug-likeness (QED) is 0.625. The number of nitrogens with zero attached hydrogens (tertiary/aromatic N) is 3. The summed E-state index contributed by atoms with van der Waals surface area (Å²) >= 11 is 0. The maximum atomic E-state index is 12.6. The average Bonchev–Trinajstić information content (AvgIpc) is 2.82. The van der Waals surface area contributed by atoms with Crippen LogP contribution in [0.3, 0.4) is 0 Å². The largest absolute Gasteiger partial charge is 0.497 e. The Kier molecular flexibility index (Phi) is 5.82. The van der Waals surface area contributed by atoms with Gasteiger partial charge >= 0.3 is 0 Å². The highest BCUT2D eigenvalue weighted by atomic mass is 16.5. The molecule has 2 N–H and O–H groups in total. The molecule has 0 aliphatic heterocycles. The number of carbonyl (C=O) groups is 2. The highest BCUT2D eigenvalue weighted by Gasteiger charge is 2.13. The van der Waals surface area contributed by atoms with Crippen LogP contribution in [0.15, 0.2) is 60.9 Å². The molecule has 1 heterocycles. The molecule has 0 radical (unpaired) electrons. The van der Waals surface area contributed by atoms with Crippen molar-refractivity contribution in [3.63, 3.8) is 0 Å². The van der Waals surface area contributed by atoms with Gasteiger partial charge < -0.3 is 15.4 Å². The van der Waals surface area contributed by atoms with Crippen molar-refractivity contribution in [3.05, 3.63) is 89.0 Å². The zero-order valence-corrected chi connectivity index (χ0v) is 16.0. The molecular weight excluding hydrogens is 382 g/mol. The topological polar surface area (TPSA) is 117 Å². The first-order valence-corrected chi connectivity index (χ1v) is 8.89. The van der Waals surface area contributed by atoms with Gasteiger partial charge in [0.25, 0.3) is 11.8 Å². The van der Waals surface area contributed by atoms with Crippen molar-refractivity contribution in [3.8, 4) is 11.8 Å². The lowest BCUT2D eigenvalue weighted by molar-refractivity contribution is 0.0944. The predicted octanol–water partition coefficient (Wildman–Crippen LogP) is 2.22. The van der Waals surface area contributed by atoms with Gasteiger partial charge in [-0.1, -0.05) is 24.3 Å². The van der Waals surface area contributed by atoms with Gasteiger partial charge in [-0.15, -0.1) is 0 Å². The number of rotatable bonds is 7. The molecule has 0 aliphatic rings. The Labute approximate surface area is 176 Å². The lowest BCUT2D eigenvalue weighted by Gasteiger charge is -2.08. The SMILES string of the molecule is [2H]C([2H])(NC(=O)c1cc(C(=O)NCc2ccc(C#N)cc2)ncn1)c1cccc(OC)c1. The number of hydrogen-bond acceptors (Lipinski definition) is 6. The van der Waals surface area contributed by atoms with Gasteiger partial charge in [0.2, 0.25) is 0 Å². The molecule has 3 aromatic rings. The van der Waals surface area contributed by atoms with Gasteiger partial charge in [0.1, 0.15) is 23.5 Å². The zero-order valence-electron chi connectivity index (χ0n) is 18.0. The molecule has 0 aliphatic carbocycles. The lowest BCUT2D eigenvalue weighted by atomic mass is 10.1. The van der Waals surface area contributed by atoms with Gasteiger partial charge in [0.15, 0.2) is 0 Å². The summed E-state index contributed by atoms with van der Waals surface area (Å²) < 4.78 is 21.5. The second-order valence-corrected chi connectivity index (χ2v) is 6.09. The van der Waals surface area contributed by atoms with Crippen LogP contribution >= 0.6 is 0 Å². The first-order chi connectivity index (χ1) is 15.3. The molecule has 0 saturated heterocycles. The summed E-state index contributed by atoms with van der Waals surface area (Å²) in [5.74, 6) is -0.883. The van der Waals surface area contributed by atoms with E-state index in [1.807, 2.05) is 6.07 Å². The second-order valence-electron chi connectivity index (χ2n) is 6.09. The maximum Gasteiger partial charge on any atom is 0.270 e. The summed E-state index contributed by atoms with van der Waals surface area (Å²) in [5.41, 5.74) is 1.30. The summed E-state index contributed by atoms with van der Waals surface area (Å²) in [5, 5.41) is 13.8. The van der Waals surface area contributed by atoms with Crippen LogP contribution in [0.5, 0.6) is 5.75 Å². The number of aromatic nitrogens is 2. The van der Waals surface area contributed by atoms with Gasteiger partial charge in [-0.25, -0.2) is 9.97 Å². The first-order valence-electron chi connectivity index (χ1n) is 9.89. The van der Waals surface area contributed by atoms with E-state index in [1.54, 1.807) is 36.4 Å².